The Morgan fingerprint density at radius 3 is 2.22 bits per heavy atom. The van der Waals surface area contributed by atoms with Gasteiger partial charge in [-0.05, 0) is 60.1 Å². The van der Waals surface area contributed by atoms with E-state index in [9.17, 15) is 0 Å². The first kappa shape index (κ1) is 16.3. The molecular weight excluding hydrogens is 276 g/mol. The summed E-state index contributed by atoms with van der Waals surface area (Å²) in [7, 11) is 0. The van der Waals surface area contributed by atoms with Crippen LogP contribution >= 0.6 is 0 Å². The molecule has 122 valence electrons. The Labute approximate surface area is 141 Å². The molecule has 1 fully saturated rings. The van der Waals surface area contributed by atoms with Crippen molar-refractivity contribution in [1.82, 2.24) is 0 Å². The molecule has 0 N–H and O–H groups in total. The van der Waals surface area contributed by atoms with Gasteiger partial charge in [-0.25, -0.2) is 0 Å². The Balaban J connectivity index is 1.86. The van der Waals surface area contributed by atoms with Crippen LogP contribution in [0, 0.1) is 12.3 Å². The molecule has 0 heteroatoms. The molecule has 2 atom stereocenters. The van der Waals surface area contributed by atoms with E-state index < -0.39 is 0 Å². The van der Waals surface area contributed by atoms with Crippen LogP contribution in [0.1, 0.15) is 62.6 Å². The predicted molar refractivity (Wildman–Crippen MR) is 99.9 cm³/mol. The van der Waals surface area contributed by atoms with Crippen LogP contribution in [0.15, 0.2) is 54.6 Å². The van der Waals surface area contributed by atoms with Gasteiger partial charge in [-0.15, -0.1) is 0 Å². The van der Waals surface area contributed by atoms with Crippen LogP contribution in [0.4, 0.5) is 0 Å². The molecule has 0 bridgehead atoms. The molecule has 0 unspecified atom stereocenters. The van der Waals surface area contributed by atoms with E-state index in [1.54, 1.807) is 0 Å². The summed E-state index contributed by atoms with van der Waals surface area (Å²) in [4.78, 5) is 0. The van der Waals surface area contributed by atoms with Gasteiger partial charge in [-0.2, -0.15) is 0 Å². The molecule has 0 amide bonds. The van der Waals surface area contributed by atoms with Gasteiger partial charge in [-0.3, -0.25) is 0 Å². The summed E-state index contributed by atoms with van der Waals surface area (Å²) in [5.74, 6) is 0. The SMILES string of the molecule is Cc1ccccc1CC[C@]1(C)CCCC[C@]1(C)c1ccccc1. The van der Waals surface area contributed by atoms with Crippen molar-refractivity contribution in [3.8, 4) is 0 Å². The van der Waals surface area contributed by atoms with E-state index in [0.29, 0.717) is 10.8 Å². The van der Waals surface area contributed by atoms with Crippen molar-refractivity contribution in [1.29, 1.82) is 0 Å². The molecule has 0 radical (unpaired) electrons. The lowest BCUT2D eigenvalue weighted by molar-refractivity contribution is 0.0779. The Bertz CT molecular complexity index is 642. The minimum Gasteiger partial charge on any atom is -0.0622 e. The first-order chi connectivity index (χ1) is 11.1. The molecule has 0 heterocycles. The fourth-order valence-corrected chi connectivity index (χ4v) is 4.57. The van der Waals surface area contributed by atoms with Crippen molar-refractivity contribution >= 4 is 0 Å². The highest BCUT2D eigenvalue weighted by atomic mass is 14.5. The monoisotopic (exact) mass is 306 g/mol. The standard InChI is InChI=1S/C23H30/c1-19-11-7-8-12-20(19)15-18-22(2)16-9-10-17-23(22,3)21-13-5-4-6-14-21/h4-8,11-14H,9-10,15-18H2,1-3H3/t22-,23+/m0/s1. The molecule has 2 aromatic rings. The molecule has 1 aliphatic rings. The summed E-state index contributed by atoms with van der Waals surface area (Å²) in [5, 5.41) is 0. The summed E-state index contributed by atoms with van der Waals surface area (Å²) >= 11 is 0. The lowest BCUT2D eigenvalue weighted by Gasteiger charge is -2.51. The summed E-state index contributed by atoms with van der Waals surface area (Å²) in [6, 6.07) is 20.1. The molecule has 0 aromatic heterocycles. The Morgan fingerprint density at radius 2 is 1.48 bits per heavy atom. The second-order valence-electron chi connectivity index (χ2n) is 7.89. The van der Waals surface area contributed by atoms with Crippen LogP contribution in [0.5, 0.6) is 0 Å². The molecular formula is C23H30. The molecule has 0 saturated heterocycles. The zero-order chi connectivity index (χ0) is 16.3. The number of hydrogen-bond donors (Lipinski definition) is 0. The van der Waals surface area contributed by atoms with E-state index in [-0.39, 0.29) is 0 Å². The summed E-state index contributed by atoms with van der Waals surface area (Å²) < 4.78 is 0. The van der Waals surface area contributed by atoms with E-state index >= 15 is 0 Å². The van der Waals surface area contributed by atoms with Gasteiger partial charge >= 0.3 is 0 Å². The maximum absolute atomic E-state index is 2.54. The fraction of sp³-hybridized carbons (Fsp3) is 0.478. The van der Waals surface area contributed by atoms with Gasteiger partial charge in [0.05, 0.1) is 0 Å². The normalized spacial score (nSPS) is 27.8. The molecule has 0 spiro atoms. The molecule has 3 rings (SSSR count). The van der Waals surface area contributed by atoms with Crippen LogP contribution in [0.3, 0.4) is 0 Å². The Hall–Kier alpha value is -1.56. The number of aryl methyl sites for hydroxylation is 2. The maximum atomic E-state index is 2.54. The topological polar surface area (TPSA) is 0 Å². The zero-order valence-electron chi connectivity index (χ0n) is 14.9. The van der Waals surface area contributed by atoms with Crippen LogP contribution in [0.25, 0.3) is 0 Å². The third kappa shape index (κ3) is 3.09. The smallest absolute Gasteiger partial charge is 0.00214 e. The molecule has 0 nitrogen and oxygen atoms in total. The van der Waals surface area contributed by atoms with Crippen molar-refractivity contribution in [3.05, 3.63) is 71.3 Å². The number of hydrogen-bond acceptors (Lipinski definition) is 0. The lowest BCUT2D eigenvalue weighted by Crippen LogP contribution is -2.44. The largest absolute Gasteiger partial charge is 0.0622 e. The van der Waals surface area contributed by atoms with Crippen LogP contribution in [0.2, 0.25) is 0 Å². The van der Waals surface area contributed by atoms with Crippen molar-refractivity contribution < 1.29 is 0 Å². The number of benzene rings is 2. The third-order valence-electron chi connectivity index (χ3n) is 6.61. The maximum Gasteiger partial charge on any atom is -0.00214 e. The van der Waals surface area contributed by atoms with Crippen LogP contribution in [-0.4, -0.2) is 0 Å². The molecule has 1 saturated carbocycles. The third-order valence-corrected chi connectivity index (χ3v) is 6.61. The van der Waals surface area contributed by atoms with E-state index in [1.807, 2.05) is 0 Å². The quantitative estimate of drug-likeness (QED) is 0.607. The van der Waals surface area contributed by atoms with Crippen molar-refractivity contribution in [3.63, 3.8) is 0 Å². The highest BCUT2D eigenvalue weighted by molar-refractivity contribution is 5.30. The minimum atomic E-state index is 0.301. The fourth-order valence-electron chi connectivity index (χ4n) is 4.57. The van der Waals surface area contributed by atoms with Crippen molar-refractivity contribution in [2.75, 3.05) is 0 Å². The van der Waals surface area contributed by atoms with Crippen molar-refractivity contribution in [2.24, 2.45) is 5.41 Å². The van der Waals surface area contributed by atoms with E-state index in [4.69, 9.17) is 0 Å². The number of rotatable bonds is 4. The van der Waals surface area contributed by atoms with Gasteiger partial charge in [0.15, 0.2) is 0 Å². The van der Waals surface area contributed by atoms with E-state index in [1.165, 1.54) is 55.2 Å². The summed E-state index contributed by atoms with van der Waals surface area (Å²) in [6.07, 6.45) is 7.90. The van der Waals surface area contributed by atoms with Crippen molar-refractivity contribution in [2.45, 2.75) is 64.7 Å². The average Bonchev–Trinajstić information content (AvgIpc) is 2.58. The Morgan fingerprint density at radius 1 is 0.826 bits per heavy atom. The zero-order valence-corrected chi connectivity index (χ0v) is 14.9. The van der Waals surface area contributed by atoms with Crippen LogP contribution < -0.4 is 0 Å². The molecule has 0 aliphatic heterocycles. The molecule has 2 aromatic carbocycles. The van der Waals surface area contributed by atoms with E-state index in [2.05, 4.69) is 75.4 Å². The Kier molecular flexibility index (Phi) is 4.62. The van der Waals surface area contributed by atoms with Gasteiger partial charge in [-0.1, -0.05) is 81.3 Å². The van der Waals surface area contributed by atoms with Gasteiger partial charge < -0.3 is 0 Å². The van der Waals surface area contributed by atoms with Gasteiger partial charge in [0.2, 0.25) is 0 Å². The summed E-state index contributed by atoms with van der Waals surface area (Å²) in [5.41, 5.74) is 5.18. The highest BCUT2D eigenvalue weighted by Crippen LogP contribution is 2.54. The summed E-state index contributed by atoms with van der Waals surface area (Å²) in [6.45, 7) is 7.30. The molecule has 1 aliphatic carbocycles. The lowest BCUT2D eigenvalue weighted by atomic mass is 9.53. The first-order valence-corrected chi connectivity index (χ1v) is 9.15. The van der Waals surface area contributed by atoms with E-state index in [0.717, 1.165) is 0 Å². The first-order valence-electron chi connectivity index (χ1n) is 9.15. The van der Waals surface area contributed by atoms with Crippen LogP contribution in [-0.2, 0) is 11.8 Å². The van der Waals surface area contributed by atoms with Gasteiger partial charge in [0.1, 0.15) is 0 Å². The van der Waals surface area contributed by atoms with Gasteiger partial charge in [0.25, 0.3) is 0 Å². The predicted octanol–water partition coefficient (Wildman–Crippen LogP) is 6.47. The second kappa shape index (κ2) is 6.51. The second-order valence-corrected chi connectivity index (χ2v) is 7.89. The minimum absolute atomic E-state index is 0.301. The van der Waals surface area contributed by atoms with Gasteiger partial charge in [0, 0.05) is 0 Å². The highest BCUT2D eigenvalue weighted by Gasteiger charge is 2.46. The molecule has 23 heavy (non-hydrogen) atoms. The average molecular weight is 306 g/mol.